The number of ether oxygens (including phenoxy) is 2. The van der Waals surface area contributed by atoms with E-state index in [0.717, 1.165) is 11.1 Å². The topological polar surface area (TPSA) is 89.5 Å². The summed E-state index contributed by atoms with van der Waals surface area (Å²) < 4.78 is 24.2. The van der Waals surface area contributed by atoms with Crippen LogP contribution >= 0.6 is 0 Å². The molecule has 0 radical (unpaired) electrons. The third-order valence-electron chi connectivity index (χ3n) is 4.98. The Morgan fingerprint density at radius 2 is 2.10 bits per heavy atom. The molecular weight excluding hydrogens is 389 g/mol. The minimum atomic E-state index is -0.700. The third kappa shape index (κ3) is 3.52. The molecule has 0 bridgehead atoms. The molecule has 0 spiro atoms. The van der Waals surface area contributed by atoms with Crippen LogP contribution in [0.1, 0.15) is 25.0 Å². The molecule has 0 saturated carbocycles. The fourth-order valence-electron chi connectivity index (χ4n) is 3.50. The summed E-state index contributed by atoms with van der Waals surface area (Å²) in [5, 5.41) is 5.56. The van der Waals surface area contributed by atoms with Crippen molar-refractivity contribution in [3.8, 4) is 0 Å². The van der Waals surface area contributed by atoms with Crippen molar-refractivity contribution in [3.63, 3.8) is 0 Å². The first kappa shape index (κ1) is 19.6. The van der Waals surface area contributed by atoms with E-state index in [4.69, 9.17) is 4.74 Å². The van der Waals surface area contributed by atoms with Gasteiger partial charge in [0.1, 0.15) is 29.5 Å². The lowest BCUT2D eigenvalue weighted by atomic mass is 9.93. The number of rotatable bonds is 4. The zero-order chi connectivity index (χ0) is 21.5. The van der Waals surface area contributed by atoms with Gasteiger partial charge in [-0.25, -0.2) is 9.37 Å². The molecule has 0 aliphatic carbocycles. The van der Waals surface area contributed by atoms with Crippen LogP contribution in [0.25, 0.3) is 11.1 Å². The van der Waals surface area contributed by atoms with Crippen molar-refractivity contribution in [1.82, 2.24) is 4.98 Å². The highest BCUT2D eigenvalue weighted by molar-refractivity contribution is 6.32. The number of hydrogen-bond acceptors (Lipinski definition) is 6. The van der Waals surface area contributed by atoms with Crippen molar-refractivity contribution >= 4 is 34.5 Å². The standard InChI is InChI=1S/C22H20FN3O4/c1-22(2)15(12-4-7-18(24-10-12)25-11-19(27)29-3)9-17(30-22)20-14-6-5-13(23)8-16(14)26-21(20)28/h4-10H,11H2,1-3H3,(H,24,25)(H,26,28). The quantitative estimate of drug-likeness (QED) is 0.595. The van der Waals surface area contributed by atoms with Gasteiger partial charge >= 0.3 is 5.97 Å². The maximum absolute atomic E-state index is 13.5. The highest BCUT2D eigenvalue weighted by atomic mass is 19.1. The van der Waals surface area contributed by atoms with Crippen molar-refractivity contribution in [2.45, 2.75) is 19.4 Å². The Bertz CT molecular complexity index is 1100. The molecule has 8 heteroatoms. The molecule has 1 aromatic carbocycles. The van der Waals surface area contributed by atoms with Gasteiger partial charge in [0.15, 0.2) is 0 Å². The Balaban J connectivity index is 1.67. The highest BCUT2D eigenvalue weighted by Crippen LogP contribution is 2.44. The van der Waals surface area contributed by atoms with Crippen LogP contribution in [0, 0.1) is 5.82 Å². The molecule has 4 rings (SSSR count). The van der Waals surface area contributed by atoms with E-state index in [2.05, 4.69) is 20.4 Å². The van der Waals surface area contributed by atoms with E-state index in [-0.39, 0.29) is 18.4 Å². The summed E-state index contributed by atoms with van der Waals surface area (Å²) in [6.45, 7) is 3.81. The number of fused-ring (bicyclic) bond motifs is 1. The molecular formula is C22H20FN3O4. The van der Waals surface area contributed by atoms with Crippen LogP contribution in [-0.4, -0.2) is 36.1 Å². The second-order valence-electron chi connectivity index (χ2n) is 7.42. The monoisotopic (exact) mass is 409 g/mol. The largest absolute Gasteiger partial charge is 0.482 e. The van der Waals surface area contributed by atoms with Crippen LogP contribution in [0.3, 0.4) is 0 Å². The molecule has 1 amide bonds. The summed E-state index contributed by atoms with van der Waals surface area (Å²) in [6.07, 6.45) is 3.48. The molecule has 30 heavy (non-hydrogen) atoms. The zero-order valence-electron chi connectivity index (χ0n) is 16.7. The van der Waals surface area contributed by atoms with E-state index in [1.165, 1.54) is 19.2 Å². The molecule has 0 saturated heterocycles. The number of anilines is 2. The lowest BCUT2D eigenvalue weighted by molar-refractivity contribution is -0.138. The number of methoxy groups -OCH3 is 1. The van der Waals surface area contributed by atoms with Gasteiger partial charge in [0.25, 0.3) is 5.91 Å². The molecule has 2 N–H and O–H groups in total. The van der Waals surface area contributed by atoms with E-state index >= 15 is 0 Å². The second-order valence-corrected chi connectivity index (χ2v) is 7.42. The zero-order valence-corrected chi connectivity index (χ0v) is 16.7. The Labute approximate surface area is 172 Å². The fraction of sp³-hybridized carbons (Fsp3) is 0.227. The lowest BCUT2D eigenvalue weighted by Gasteiger charge is -2.23. The van der Waals surface area contributed by atoms with Crippen LogP contribution in [-0.2, 0) is 19.1 Å². The average Bonchev–Trinajstić information content (AvgIpc) is 3.20. The van der Waals surface area contributed by atoms with Gasteiger partial charge in [-0.3, -0.25) is 9.59 Å². The van der Waals surface area contributed by atoms with Crippen LogP contribution in [0.15, 0.2) is 48.4 Å². The Morgan fingerprint density at radius 3 is 2.80 bits per heavy atom. The number of carbonyl (C=O) groups is 2. The number of benzene rings is 1. The van der Waals surface area contributed by atoms with Gasteiger partial charge in [-0.2, -0.15) is 0 Å². The summed E-state index contributed by atoms with van der Waals surface area (Å²) in [5.74, 6) is -0.187. The van der Waals surface area contributed by atoms with Gasteiger partial charge in [-0.05, 0) is 50.3 Å². The van der Waals surface area contributed by atoms with Crippen molar-refractivity contribution in [1.29, 1.82) is 0 Å². The second kappa shape index (κ2) is 7.29. The van der Waals surface area contributed by atoms with Crippen LogP contribution < -0.4 is 10.6 Å². The van der Waals surface area contributed by atoms with Gasteiger partial charge < -0.3 is 20.1 Å². The minimum absolute atomic E-state index is 0.0194. The van der Waals surface area contributed by atoms with Gasteiger partial charge in [0, 0.05) is 22.9 Å². The van der Waals surface area contributed by atoms with Crippen molar-refractivity contribution < 1.29 is 23.5 Å². The number of carbonyl (C=O) groups excluding carboxylic acids is 2. The molecule has 3 heterocycles. The Morgan fingerprint density at radius 1 is 1.30 bits per heavy atom. The fourth-order valence-corrected chi connectivity index (χ4v) is 3.50. The first-order valence-electron chi connectivity index (χ1n) is 9.32. The van der Waals surface area contributed by atoms with E-state index in [9.17, 15) is 14.0 Å². The van der Waals surface area contributed by atoms with E-state index in [1.54, 1.807) is 18.3 Å². The van der Waals surface area contributed by atoms with Gasteiger partial charge in [-0.1, -0.05) is 0 Å². The first-order valence-corrected chi connectivity index (χ1v) is 9.32. The lowest BCUT2D eigenvalue weighted by Crippen LogP contribution is -2.21. The smallest absolute Gasteiger partial charge is 0.325 e. The number of pyridine rings is 1. The molecule has 2 aromatic rings. The molecule has 1 aromatic heterocycles. The summed E-state index contributed by atoms with van der Waals surface area (Å²) in [4.78, 5) is 28.1. The molecule has 2 aliphatic rings. The molecule has 154 valence electrons. The summed E-state index contributed by atoms with van der Waals surface area (Å²) in [6, 6.07) is 7.77. The number of hydrogen-bond donors (Lipinski definition) is 2. The van der Waals surface area contributed by atoms with E-state index in [0.29, 0.717) is 28.4 Å². The van der Waals surface area contributed by atoms with Gasteiger partial charge in [0.2, 0.25) is 0 Å². The summed E-state index contributed by atoms with van der Waals surface area (Å²) in [5.41, 5.74) is 2.36. The predicted molar refractivity (Wildman–Crippen MR) is 110 cm³/mol. The molecule has 0 atom stereocenters. The summed E-state index contributed by atoms with van der Waals surface area (Å²) >= 11 is 0. The number of allylic oxidation sites excluding steroid dienone is 1. The average molecular weight is 409 g/mol. The molecule has 2 aliphatic heterocycles. The number of halogens is 1. The van der Waals surface area contributed by atoms with Crippen LogP contribution in [0.4, 0.5) is 15.9 Å². The van der Waals surface area contributed by atoms with E-state index in [1.807, 2.05) is 26.0 Å². The van der Waals surface area contributed by atoms with E-state index < -0.39 is 11.4 Å². The SMILES string of the molecule is COC(=O)CNc1ccc(C2=CC(=C3C(=O)Nc4cc(F)ccc43)OC2(C)C)cn1. The maximum Gasteiger partial charge on any atom is 0.325 e. The molecule has 0 unspecified atom stereocenters. The van der Waals surface area contributed by atoms with Crippen LogP contribution in [0.2, 0.25) is 0 Å². The normalized spacial score (nSPS) is 18.9. The van der Waals surface area contributed by atoms with Gasteiger partial charge in [0.05, 0.1) is 18.4 Å². The molecule has 0 fully saturated rings. The van der Waals surface area contributed by atoms with Crippen molar-refractivity contribution in [2.75, 3.05) is 24.3 Å². The van der Waals surface area contributed by atoms with Crippen LogP contribution in [0.5, 0.6) is 0 Å². The van der Waals surface area contributed by atoms with Gasteiger partial charge in [-0.15, -0.1) is 0 Å². The van der Waals surface area contributed by atoms with Crippen molar-refractivity contribution in [2.24, 2.45) is 0 Å². The number of nitrogens with one attached hydrogen (secondary N) is 2. The maximum atomic E-state index is 13.5. The first-order chi connectivity index (χ1) is 14.3. The van der Waals surface area contributed by atoms with Crippen molar-refractivity contribution in [3.05, 3.63) is 65.3 Å². The number of nitrogens with zero attached hydrogens (tertiary/aromatic N) is 1. The Kier molecular flexibility index (Phi) is 4.77. The highest BCUT2D eigenvalue weighted by Gasteiger charge is 2.38. The molecule has 7 nitrogen and oxygen atoms in total. The summed E-state index contributed by atoms with van der Waals surface area (Å²) in [7, 11) is 1.32. The number of amides is 1. The number of esters is 1. The predicted octanol–water partition coefficient (Wildman–Crippen LogP) is 3.36. The minimum Gasteiger partial charge on any atom is -0.482 e. The number of aromatic nitrogens is 1. The third-order valence-corrected chi connectivity index (χ3v) is 4.98. The Hall–Kier alpha value is -3.68.